The third kappa shape index (κ3) is 2.88. The monoisotopic (exact) mass is 247 g/mol. The maximum atomic E-state index is 6.00. The Balaban J connectivity index is 2.08. The fraction of sp³-hybridized carbons (Fsp3) is 0.154. The molecule has 0 atom stereocenters. The molecular weight excluding hydrogens is 234 g/mol. The summed E-state index contributed by atoms with van der Waals surface area (Å²) in [5.41, 5.74) is 7.02. The Hall–Kier alpha value is -1.74. The normalized spacial score (nSPS) is 11.0. The molecule has 17 heavy (non-hydrogen) atoms. The summed E-state index contributed by atoms with van der Waals surface area (Å²) in [4.78, 5) is 3.22. The Labute approximate surface area is 106 Å². The number of H-pyrrole nitrogens is 1. The average molecular weight is 248 g/mol. The second-order valence-corrected chi connectivity index (χ2v) is 4.29. The summed E-state index contributed by atoms with van der Waals surface area (Å²) in [5.74, 6) is 0. The molecule has 1 aromatic heterocycles. The first-order chi connectivity index (χ1) is 8.16. The predicted molar refractivity (Wildman–Crippen MR) is 72.9 cm³/mol. The van der Waals surface area contributed by atoms with Gasteiger partial charge < -0.3 is 4.98 Å². The van der Waals surface area contributed by atoms with Crippen molar-refractivity contribution < 1.29 is 0 Å². The van der Waals surface area contributed by atoms with Crippen LogP contribution in [0.25, 0.3) is 0 Å². The molecule has 2 aromatic rings. The van der Waals surface area contributed by atoms with Gasteiger partial charge in [-0.1, -0.05) is 23.7 Å². The molecular formula is C13H14ClN3. The highest BCUT2D eigenvalue weighted by Gasteiger charge is 1.98. The molecule has 1 heterocycles. The highest BCUT2D eigenvalue weighted by molar-refractivity contribution is 6.33. The number of aromatic nitrogens is 1. The number of halogens is 1. The molecule has 0 unspecified atom stereocenters. The number of aromatic amines is 1. The third-order valence-corrected chi connectivity index (χ3v) is 2.78. The Morgan fingerprint density at radius 1 is 1.29 bits per heavy atom. The van der Waals surface area contributed by atoms with E-state index < -0.39 is 0 Å². The molecule has 0 amide bonds. The summed E-state index contributed by atoms with van der Waals surface area (Å²) < 4.78 is 0. The van der Waals surface area contributed by atoms with Crippen molar-refractivity contribution in [3.8, 4) is 0 Å². The van der Waals surface area contributed by atoms with E-state index in [4.69, 9.17) is 11.6 Å². The zero-order chi connectivity index (χ0) is 12.3. The minimum Gasteiger partial charge on any atom is -0.362 e. The van der Waals surface area contributed by atoms with Gasteiger partial charge in [0, 0.05) is 17.0 Å². The van der Waals surface area contributed by atoms with Crippen LogP contribution in [-0.2, 0) is 0 Å². The SMILES string of the molecule is Cc1cc(/C=N/Nc2ccccc2Cl)c(C)[nH]1. The molecule has 0 aliphatic heterocycles. The average Bonchev–Trinajstić information content (AvgIpc) is 2.60. The van der Waals surface area contributed by atoms with Crippen LogP contribution in [0.4, 0.5) is 5.69 Å². The summed E-state index contributed by atoms with van der Waals surface area (Å²) in [6.07, 6.45) is 1.78. The number of rotatable bonds is 3. The second-order valence-electron chi connectivity index (χ2n) is 3.88. The lowest BCUT2D eigenvalue weighted by atomic mass is 10.3. The van der Waals surface area contributed by atoms with E-state index in [1.807, 2.05) is 44.2 Å². The molecule has 0 aliphatic rings. The lowest BCUT2D eigenvalue weighted by Crippen LogP contribution is -1.91. The molecule has 4 heteroatoms. The van der Waals surface area contributed by atoms with Gasteiger partial charge in [0.25, 0.3) is 0 Å². The highest BCUT2D eigenvalue weighted by atomic mass is 35.5. The van der Waals surface area contributed by atoms with Crippen molar-refractivity contribution in [3.63, 3.8) is 0 Å². The molecule has 1 aromatic carbocycles. The number of nitrogens with one attached hydrogen (secondary N) is 2. The fourth-order valence-corrected chi connectivity index (χ4v) is 1.78. The standard InChI is InChI=1S/C13H14ClN3/c1-9-7-11(10(2)16-9)8-15-17-13-6-4-3-5-12(13)14/h3-8,16-17H,1-2H3/b15-8+. The summed E-state index contributed by atoms with van der Waals surface area (Å²) in [5, 5.41) is 4.83. The molecule has 88 valence electrons. The number of hydrazone groups is 1. The molecule has 2 rings (SSSR count). The Morgan fingerprint density at radius 3 is 2.71 bits per heavy atom. The molecule has 0 fully saturated rings. The minimum atomic E-state index is 0.659. The van der Waals surface area contributed by atoms with E-state index >= 15 is 0 Å². The maximum absolute atomic E-state index is 6.00. The predicted octanol–water partition coefficient (Wildman–Crippen LogP) is 3.73. The van der Waals surface area contributed by atoms with Crippen molar-refractivity contribution >= 4 is 23.5 Å². The number of para-hydroxylation sites is 1. The van der Waals surface area contributed by atoms with E-state index in [0.717, 1.165) is 22.6 Å². The zero-order valence-electron chi connectivity index (χ0n) is 9.79. The van der Waals surface area contributed by atoms with Gasteiger partial charge in [0.05, 0.1) is 16.9 Å². The Kier molecular flexibility index (Phi) is 3.49. The van der Waals surface area contributed by atoms with Crippen LogP contribution < -0.4 is 5.43 Å². The van der Waals surface area contributed by atoms with Gasteiger partial charge in [0.15, 0.2) is 0 Å². The second kappa shape index (κ2) is 5.06. The van der Waals surface area contributed by atoms with Crippen LogP contribution in [0.3, 0.4) is 0 Å². The van der Waals surface area contributed by atoms with Crippen LogP contribution in [0.1, 0.15) is 17.0 Å². The molecule has 0 saturated carbocycles. The van der Waals surface area contributed by atoms with Gasteiger partial charge in [-0.25, -0.2) is 0 Å². The van der Waals surface area contributed by atoms with Gasteiger partial charge in [0.1, 0.15) is 0 Å². The van der Waals surface area contributed by atoms with E-state index in [1.165, 1.54) is 0 Å². The number of anilines is 1. The number of nitrogens with zero attached hydrogens (tertiary/aromatic N) is 1. The fourth-order valence-electron chi connectivity index (χ4n) is 1.60. The van der Waals surface area contributed by atoms with Gasteiger partial charge in [0.2, 0.25) is 0 Å². The maximum Gasteiger partial charge on any atom is 0.0748 e. The lowest BCUT2D eigenvalue weighted by molar-refractivity contribution is 1.19. The van der Waals surface area contributed by atoms with Crippen molar-refractivity contribution in [1.82, 2.24) is 4.98 Å². The van der Waals surface area contributed by atoms with Crippen molar-refractivity contribution in [2.24, 2.45) is 5.10 Å². The number of benzene rings is 1. The van der Waals surface area contributed by atoms with Gasteiger partial charge in [-0.05, 0) is 32.0 Å². The quantitative estimate of drug-likeness (QED) is 0.630. The van der Waals surface area contributed by atoms with E-state index in [1.54, 1.807) is 6.21 Å². The van der Waals surface area contributed by atoms with Gasteiger partial charge in [-0.2, -0.15) is 5.10 Å². The van der Waals surface area contributed by atoms with Crippen LogP contribution >= 0.6 is 11.6 Å². The largest absolute Gasteiger partial charge is 0.362 e. The molecule has 0 radical (unpaired) electrons. The summed E-state index contributed by atoms with van der Waals surface area (Å²) in [6.45, 7) is 4.04. The number of hydrogen-bond acceptors (Lipinski definition) is 2. The molecule has 0 aliphatic carbocycles. The number of hydrogen-bond donors (Lipinski definition) is 2. The number of aryl methyl sites for hydroxylation is 2. The van der Waals surface area contributed by atoms with Crippen LogP contribution in [0, 0.1) is 13.8 Å². The van der Waals surface area contributed by atoms with Crippen molar-refractivity contribution in [1.29, 1.82) is 0 Å². The Morgan fingerprint density at radius 2 is 2.06 bits per heavy atom. The van der Waals surface area contributed by atoms with E-state index in [0.29, 0.717) is 5.02 Å². The highest BCUT2D eigenvalue weighted by Crippen LogP contribution is 2.20. The van der Waals surface area contributed by atoms with Crippen LogP contribution in [0.5, 0.6) is 0 Å². The molecule has 2 N–H and O–H groups in total. The van der Waals surface area contributed by atoms with Crippen molar-refractivity contribution in [3.05, 3.63) is 52.3 Å². The first-order valence-electron chi connectivity index (χ1n) is 5.36. The zero-order valence-corrected chi connectivity index (χ0v) is 10.5. The van der Waals surface area contributed by atoms with E-state index in [9.17, 15) is 0 Å². The van der Waals surface area contributed by atoms with Crippen LogP contribution in [0.2, 0.25) is 5.02 Å². The first kappa shape index (κ1) is 11.7. The smallest absolute Gasteiger partial charge is 0.0748 e. The lowest BCUT2D eigenvalue weighted by Gasteiger charge is -2.01. The topological polar surface area (TPSA) is 40.2 Å². The van der Waals surface area contributed by atoms with Crippen LogP contribution in [-0.4, -0.2) is 11.2 Å². The summed E-state index contributed by atoms with van der Waals surface area (Å²) in [7, 11) is 0. The summed E-state index contributed by atoms with van der Waals surface area (Å²) in [6, 6.07) is 9.55. The van der Waals surface area contributed by atoms with Gasteiger partial charge >= 0.3 is 0 Å². The Bertz CT molecular complexity index is 543. The van der Waals surface area contributed by atoms with Gasteiger partial charge in [-0.3, -0.25) is 5.43 Å². The first-order valence-corrected chi connectivity index (χ1v) is 5.74. The summed E-state index contributed by atoms with van der Waals surface area (Å²) >= 11 is 6.00. The molecule has 0 spiro atoms. The van der Waals surface area contributed by atoms with Gasteiger partial charge in [-0.15, -0.1) is 0 Å². The molecule has 3 nitrogen and oxygen atoms in total. The molecule has 0 bridgehead atoms. The van der Waals surface area contributed by atoms with Crippen LogP contribution in [0.15, 0.2) is 35.4 Å². The van der Waals surface area contributed by atoms with Crippen molar-refractivity contribution in [2.75, 3.05) is 5.43 Å². The molecule has 0 saturated heterocycles. The van der Waals surface area contributed by atoms with E-state index in [2.05, 4.69) is 15.5 Å². The minimum absolute atomic E-state index is 0.659. The van der Waals surface area contributed by atoms with Crippen molar-refractivity contribution in [2.45, 2.75) is 13.8 Å². The third-order valence-electron chi connectivity index (χ3n) is 2.45. The van der Waals surface area contributed by atoms with E-state index in [-0.39, 0.29) is 0 Å².